The van der Waals surface area contributed by atoms with Crippen LogP contribution in [0.2, 0.25) is 0 Å². The minimum Gasteiger partial charge on any atom is -0.473 e. The third-order valence-electron chi connectivity index (χ3n) is 4.24. The van der Waals surface area contributed by atoms with Gasteiger partial charge in [0.15, 0.2) is 5.82 Å². The summed E-state index contributed by atoms with van der Waals surface area (Å²) in [5, 5.41) is 0. The Morgan fingerprint density at radius 3 is 2.38 bits per heavy atom. The summed E-state index contributed by atoms with van der Waals surface area (Å²) in [7, 11) is -2.60. The van der Waals surface area contributed by atoms with E-state index >= 15 is 0 Å². The van der Waals surface area contributed by atoms with Crippen molar-refractivity contribution in [2.75, 3.05) is 31.3 Å². The maximum atomic E-state index is 12.5. The summed E-state index contributed by atoms with van der Waals surface area (Å²) in [5.41, 5.74) is 1.01. The fourth-order valence-corrected chi connectivity index (χ4v) is 4.19. The molecule has 3 aromatic rings. The number of aromatic nitrogens is 4. The fraction of sp³-hybridized carbons (Fsp3) is 0.300. The highest BCUT2D eigenvalue weighted by Gasteiger charge is 2.21. The van der Waals surface area contributed by atoms with Crippen molar-refractivity contribution >= 4 is 43.7 Å². The molecule has 0 fully saturated rings. The lowest BCUT2D eigenvalue weighted by Crippen LogP contribution is -2.38. The molecule has 2 N–H and O–H groups in total. The number of nitrogens with zero attached hydrogens (tertiary/aromatic N) is 4. The molecule has 3 rings (SSSR count). The largest absolute Gasteiger partial charge is 0.473 e. The minimum atomic E-state index is -3.99. The van der Waals surface area contributed by atoms with Gasteiger partial charge in [0, 0.05) is 28.9 Å². The molecule has 11 nitrogen and oxygen atoms in total. The molecule has 2 aromatic heterocycles. The van der Waals surface area contributed by atoms with Gasteiger partial charge in [-0.25, -0.2) is 19.9 Å². The van der Waals surface area contributed by atoms with Crippen LogP contribution in [-0.4, -0.2) is 61.2 Å². The molecule has 0 aliphatic carbocycles. The van der Waals surface area contributed by atoms with E-state index in [2.05, 4.69) is 45.3 Å². The lowest BCUT2D eigenvalue weighted by atomic mass is 10.1. The predicted molar refractivity (Wildman–Crippen MR) is 132 cm³/mol. The number of rotatable bonds is 12. The highest BCUT2D eigenvalue weighted by Crippen LogP contribution is 2.35. The molecular weight excluding hydrogens is 548 g/mol. The third-order valence-corrected chi connectivity index (χ3v) is 6.56. The van der Waals surface area contributed by atoms with E-state index in [9.17, 15) is 8.42 Å². The minimum absolute atomic E-state index is 0.0417. The second kappa shape index (κ2) is 12.3. The van der Waals surface area contributed by atoms with Gasteiger partial charge in [0.1, 0.15) is 25.8 Å². The molecule has 34 heavy (non-hydrogen) atoms. The zero-order valence-electron chi connectivity index (χ0n) is 18.6. The van der Waals surface area contributed by atoms with Crippen molar-refractivity contribution in [3.05, 3.63) is 47.5 Å². The number of hydrogen-bond donors (Lipinski definition) is 2. The Hall–Kier alpha value is -2.52. The molecule has 14 heteroatoms. The summed E-state index contributed by atoms with van der Waals surface area (Å²) in [6, 6.07) is 7.43. The number of nitrogens with one attached hydrogen (secondary N) is 2. The zero-order valence-corrected chi connectivity index (χ0v) is 21.8. The molecule has 0 aliphatic heterocycles. The van der Waals surface area contributed by atoms with Crippen LogP contribution in [0.25, 0.3) is 11.1 Å². The Bertz CT molecular complexity index is 1180. The summed E-state index contributed by atoms with van der Waals surface area (Å²) in [6.45, 7) is 1.82. The molecule has 0 spiro atoms. The van der Waals surface area contributed by atoms with Crippen LogP contribution >= 0.6 is 27.7 Å². The first-order chi connectivity index (χ1) is 16.3. The van der Waals surface area contributed by atoms with E-state index in [1.54, 1.807) is 31.5 Å². The standard InChI is InChI=1S/C20H23BrN6O5S2/c1-13(30-2)26-34(28,29)27-18-17(14-4-6-15(21)7-5-14)19(25-12-24-18)31-8-9-32-20-22-10-16(33-3)11-23-20/h4-7,10-13,26H,8-9H2,1-3H3,(H,24,25,27). The fourth-order valence-electron chi connectivity index (χ4n) is 2.61. The Balaban J connectivity index is 1.80. The van der Waals surface area contributed by atoms with Gasteiger partial charge in [-0.05, 0) is 30.9 Å². The molecule has 0 radical (unpaired) electrons. The Morgan fingerprint density at radius 1 is 1.06 bits per heavy atom. The summed E-state index contributed by atoms with van der Waals surface area (Å²) < 4.78 is 47.0. The van der Waals surface area contributed by atoms with Crippen molar-refractivity contribution in [3.63, 3.8) is 0 Å². The van der Waals surface area contributed by atoms with Crippen molar-refractivity contribution in [2.45, 2.75) is 18.0 Å². The van der Waals surface area contributed by atoms with Gasteiger partial charge in [0.25, 0.3) is 0 Å². The number of benzene rings is 1. The van der Waals surface area contributed by atoms with E-state index in [1.165, 1.54) is 25.2 Å². The summed E-state index contributed by atoms with van der Waals surface area (Å²) in [5.74, 6) is 0.220. The molecule has 182 valence electrons. The summed E-state index contributed by atoms with van der Waals surface area (Å²) >= 11 is 4.92. The van der Waals surface area contributed by atoms with E-state index in [-0.39, 0.29) is 30.9 Å². The van der Waals surface area contributed by atoms with Gasteiger partial charge in [0.05, 0.1) is 5.56 Å². The number of hydrogen-bond acceptors (Lipinski definition) is 10. The van der Waals surface area contributed by atoms with Crippen LogP contribution in [-0.2, 0) is 14.9 Å². The molecule has 1 unspecified atom stereocenters. The lowest BCUT2D eigenvalue weighted by Gasteiger charge is -2.17. The van der Waals surface area contributed by atoms with Gasteiger partial charge in [-0.3, -0.25) is 4.72 Å². The number of halogens is 1. The molecule has 0 saturated carbocycles. The SMILES string of the molecule is COC(C)NS(=O)(=O)Nc1ncnc(OCCOc2ncc(SC)cn2)c1-c1ccc(Br)cc1. The number of thioether (sulfide) groups is 1. The summed E-state index contributed by atoms with van der Waals surface area (Å²) in [4.78, 5) is 17.5. The van der Waals surface area contributed by atoms with Crippen LogP contribution in [0.4, 0.5) is 5.82 Å². The van der Waals surface area contributed by atoms with E-state index in [4.69, 9.17) is 14.2 Å². The monoisotopic (exact) mass is 570 g/mol. The van der Waals surface area contributed by atoms with Gasteiger partial charge in [-0.1, -0.05) is 28.1 Å². The van der Waals surface area contributed by atoms with Gasteiger partial charge in [-0.2, -0.15) is 13.1 Å². The molecule has 0 aliphatic rings. The highest BCUT2D eigenvalue weighted by atomic mass is 79.9. The second-order valence-corrected chi connectivity index (χ2v) is 9.86. The average Bonchev–Trinajstić information content (AvgIpc) is 2.82. The number of methoxy groups -OCH3 is 1. The number of anilines is 1. The van der Waals surface area contributed by atoms with E-state index in [0.717, 1.165) is 9.37 Å². The van der Waals surface area contributed by atoms with Gasteiger partial charge in [-0.15, -0.1) is 11.8 Å². The Kier molecular flexibility index (Phi) is 9.41. The predicted octanol–water partition coefficient (Wildman–Crippen LogP) is 3.11. The third kappa shape index (κ3) is 7.50. The Morgan fingerprint density at radius 2 is 1.74 bits per heavy atom. The average molecular weight is 571 g/mol. The van der Waals surface area contributed by atoms with Gasteiger partial charge >= 0.3 is 16.2 Å². The van der Waals surface area contributed by atoms with Crippen molar-refractivity contribution in [1.29, 1.82) is 0 Å². The first-order valence-electron chi connectivity index (χ1n) is 9.86. The molecule has 0 saturated heterocycles. The first kappa shape index (κ1) is 26.1. The van der Waals surface area contributed by atoms with E-state index in [0.29, 0.717) is 11.1 Å². The van der Waals surface area contributed by atoms with Crippen molar-refractivity contribution in [2.24, 2.45) is 0 Å². The van der Waals surface area contributed by atoms with E-state index < -0.39 is 16.4 Å². The van der Waals surface area contributed by atoms with Gasteiger partial charge < -0.3 is 14.2 Å². The van der Waals surface area contributed by atoms with Crippen LogP contribution in [0.1, 0.15) is 6.92 Å². The molecule has 0 bridgehead atoms. The molecule has 0 amide bonds. The maximum absolute atomic E-state index is 12.5. The van der Waals surface area contributed by atoms with Crippen molar-refractivity contribution in [3.8, 4) is 23.0 Å². The molecule has 1 aromatic carbocycles. The molecular formula is C20H23BrN6O5S2. The normalized spacial score (nSPS) is 12.2. The van der Waals surface area contributed by atoms with Crippen LogP contribution < -0.4 is 18.9 Å². The smallest absolute Gasteiger partial charge is 0.316 e. The summed E-state index contributed by atoms with van der Waals surface area (Å²) in [6.07, 6.45) is 5.73. The van der Waals surface area contributed by atoms with Crippen LogP contribution in [0.3, 0.4) is 0 Å². The Labute approximate surface area is 210 Å². The second-order valence-electron chi connectivity index (χ2n) is 6.61. The molecule has 2 heterocycles. The van der Waals surface area contributed by atoms with Gasteiger partial charge in [0.2, 0.25) is 5.88 Å². The van der Waals surface area contributed by atoms with Crippen molar-refractivity contribution in [1.82, 2.24) is 24.7 Å². The quantitative estimate of drug-likeness (QED) is 0.190. The zero-order chi connectivity index (χ0) is 24.6. The van der Waals surface area contributed by atoms with Crippen LogP contribution in [0.5, 0.6) is 11.9 Å². The van der Waals surface area contributed by atoms with Crippen LogP contribution in [0, 0.1) is 0 Å². The lowest BCUT2D eigenvalue weighted by molar-refractivity contribution is 0.110. The van der Waals surface area contributed by atoms with Crippen molar-refractivity contribution < 1.29 is 22.6 Å². The first-order valence-corrected chi connectivity index (χ1v) is 13.4. The topological polar surface area (TPSA) is 137 Å². The molecule has 1 atom stereocenters. The maximum Gasteiger partial charge on any atom is 0.316 e. The number of ether oxygens (including phenoxy) is 3. The highest BCUT2D eigenvalue weighted by molar-refractivity contribution is 9.10. The van der Waals surface area contributed by atoms with E-state index in [1.807, 2.05) is 18.4 Å². The van der Waals surface area contributed by atoms with Crippen LogP contribution in [0.15, 0.2) is 52.4 Å².